The lowest BCUT2D eigenvalue weighted by Gasteiger charge is -2.14. The summed E-state index contributed by atoms with van der Waals surface area (Å²) in [6.45, 7) is 0.352. The summed E-state index contributed by atoms with van der Waals surface area (Å²) in [5, 5.41) is 8.49. The van der Waals surface area contributed by atoms with E-state index in [1.807, 2.05) is 0 Å². The lowest BCUT2D eigenvalue weighted by molar-refractivity contribution is -0.138. The highest BCUT2D eigenvalue weighted by Crippen LogP contribution is 2.17. The van der Waals surface area contributed by atoms with Gasteiger partial charge in [-0.05, 0) is 19.2 Å². The van der Waals surface area contributed by atoms with Crippen LogP contribution in [0.1, 0.15) is 0 Å². The van der Waals surface area contributed by atoms with Gasteiger partial charge in [-0.2, -0.15) is 0 Å². The van der Waals surface area contributed by atoms with E-state index < -0.39 is 17.6 Å². The number of rotatable bonds is 6. The minimum Gasteiger partial charge on any atom is -0.489 e. The van der Waals surface area contributed by atoms with Crippen LogP contribution in [-0.2, 0) is 4.79 Å². The SMILES string of the molecule is CN(CCOc1ccc(F)cc1F)CC(=O)O. The molecule has 0 saturated heterocycles. The van der Waals surface area contributed by atoms with Crippen molar-refractivity contribution in [3.8, 4) is 5.75 Å². The predicted molar refractivity (Wildman–Crippen MR) is 57.0 cm³/mol. The zero-order valence-electron chi connectivity index (χ0n) is 9.32. The van der Waals surface area contributed by atoms with Crippen molar-refractivity contribution in [1.82, 2.24) is 4.90 Å². The van der Waals surface area contributed by atoms with Crippen LogP contribution in [-0.4, -0.2) is 42.7 Å². The van der Waals surface area contributed by atoms with Gasteiger partial charge in [-0.3, -0.25) is 9.69 Å². The van der Waals surface area contributed by atoms with Crippen molar-refractivity contribution >= 4 is 5.97 Å². The van der Waals surface area contributed by atoms with Gasteiger partial charge in [-0.1, -0.05) is 0 Å². The molecule has 0 aliphatic rings. The van der Waals surface area contributed by atoms with E-state index >= 15 is 0 Å². The van der Waals surface area contributed by atoms with Crippen molar-refractivity contribution in [3.63, 3.8) is 0 Å². The number of likely N-dealkylation sites (N-methyl/N-ethyl adjacent to an activating group) is 1. The van der Waals surface area contributed by atoms with Crippen LogP contribution < -0.4 is 4.74 Å². The topological polar surface area (TPSA) is 49.8 Å². The molecular formula is C11H13F2NO3. The smallest absolute Gasteiger partial charge is 0.317 e. The van der Waals surface area contributed by atoms with E-state index in [1.165, 1.54) is 11.0 Å². The average Bonchev–Trinajstić information content (AvgIpc) is 2.20. The molecule has 0 aromatic heterocycles. The Kier molecular flexibility index (Phi) is 4.84. The first-order valence-corrected chi connectivity index (χ1v) is 4.97. The number of carboxylic acid groups (broad SMARTS) is 1. The molecule has 17 heavy (non-hydrogen) atoms. The Morgan fingerprint density at radius 1 is 1.47 bits per heavy atom. The van der Waals surface area contributed by atoms with Gasteiger partial charge in [0.1, 0.15) is 12.4 Å². The maximum Gasteiger partial charge on any atom is 0.317 e. The van der Waals surface area contributed by atoms with Crippen LogP contribution in [0, 0.1) is 11.6 Å². The standard InChI is InChI=1S/C11H13F2NO3/c1-14(7-11(15)16)4-5-17-10-3-2-8(12)6-9(10)13/h2-3,6H,4-5,7H2,1H3,(H,15,16). The normalized spacial score (nSPS) is 10.6. The number of carbonyl (C=O) groups is 1. The van der Waals surface area contributed by atoms with Crippen LogP contribution in [0.15, 0.2) is 18.2 Å². The monoisotopic (exact) mass is 245 g/mol. The third-order valence-corrected chi connectivity index (χ3v) is 2.03. The van der Waals surface area contributed by atoms with Crippen LogP contribution in [0.4, 0.5) is 8.78 Å². The van der Waals surface area contributed by atoms with Crippen molar-refractivity contribution in [2.24, 2.45) is 0 Å². The minimum atomic E-state index is -0.944. The molecule has 0 radical (unpaired) electrons. The maximum absolute atomic E-state index is 13.1. The number of ether oxygens (including phenoxy) is 1. The van der Waals surface area contributed by atoms with Gasteiger partial charge in [0, 0.05) is 12.6 Å². The van der Waals surface area contributed by atoms with Gasteiger partial charge in [-0.15, -0.1) is 0 Å². The molecule has 0 bridgehead atoms. The minimum absolute atomic E-state index is 0.0462. The molecule has 1 N–H and O–H groups in total. The summed E-state index contributed by atoms with van der Waals surface area (Å²) in [7, 11) is 1.61. The molecule has 0 saturated carbocycles. The number of hydrogen-bond donors (Lipinski definition) is 1. The molecule has 4 nitrogen and oxygen atoms in total. The van der Waals surface area contributed by atoms with Crippen LogP contribution in [0.3, 0.4) is 0 Å². The molecule has 94 valence electrons. The van der Waals surface area contributed by atoms with E-state index in [1.54, 1.807) is 7.05 Å². The van der Waals surface area contributed by atoms with Crippen molar-refractivity contribution < 1.29 is 23.4 Å². The third kappa shape index (κ3) is 4.78. The van der Waals surface area contributed by atoms with Gasteiger partial charge in [0.15, 0.2) is 11.6 Å². The van der Waals surface area contributed by atoms with Gasteiger partial charge >= 0.3 is 5.97 Å². The van der Waals surface area contributed by atoms with Crippen LogP contribution in [0.5, 0.6) is 5.75 Å². The average molecular weight is 245 g/mol. The van der Waals surface area contributed by atoms with Gasteiger partial charge in [0.2, 0.25) is 0 Å². The molecule has 0 heterocycles. The largest absolute Gasteiger partial charge is 0.489 e. The van der Waals surface area contributed by atoms with E-state index in [0.717, 1.165) is 12.1 Å². The Bertz CT molecular complexity index is 398. The predicted octanol–water partition coefficient (Wildman–Crippen LogP) is 1.36. The van der Waals surface area contributed by atoms with E-state index in [0.29, 0.717) is 6.54 Å². The third-order valence-electron chi connectivity index (χ3n) is 2.03. The second-order valence-electron chi connectivity index (χ2n) is 3.55. The Balaban J connectivity index is 2.38. The van der Waals surface area contributed by atoms with Gasteiger partial charge in [0.25, 0.3) is 0 Å². The molecule has 0 spiro atoms. The van der Waals surface area contributed by atoms with Crippen LogP contribution >= 0.6 is 0 Å². The van der Waals surface area contributed by atoms with Crippen LogP contribution in [0.25, 0.3) is 0 Å². The second-order valence-corrected chi connectivity index (χ2v) is 3.55. The summed E-state index contributed by atoms with van der Waals surface area (Å²) in [5.74, 6) is -2.43. The molecule has 1 aromatic carbocycles. The molecule has 0 amide bonds. The quantitative estimate of drug-likeness (QED) is 0.822. The highest BCUT2D eigenvalue weighted by molar-refractivity contribution is 5.68. The fourth-order valence-electron chi connectivity index (χ4n) is 1.21. The Morgan fingerprint density at radius 3 is 2.76 bits per heavy atom. The molecule has 1 rings (SSSR count). The number of nitrogens with zero attached hydrogens (tertiary/aromatic N) is 1. The van der Waals surface area contributed by atoms with Crippen molar-refractivity contribution in [3.05, 3.63) is 29.8 Å². The summed E-state index contributed by atoms with van der Waals surface area (Å²) in [4.78, 5) is 11.9. The Morgan fingerprint density at radius 2 is 2.18 bits per heavy atom. The lowest BCUT2D eigenvalue weighted by Crippen LogP contribution is -2.29. The zero-order valence-corrected chi connectivity index (χ0v) is 9.32. The molecule has 0 aliphatic heterocycles. The second kappa shape index (κ2) is 6.15. The van der Waals surface area contributed by atoms with Gasteiger partial charge < -0.3 is 9.84 Å². The first kappa shape index (κ1) is 13.4. The number of benzene rings is 1. The molecular weight excluding hydrogens is 232 g/mol. The summed E-state index contributed by atoms with van der Waals surface area (Å²) in [6, 6.07) is 3.03. The number of halogens is 2. The van der Waals surface area contributed by atoms with E-state index in [4.69, 9.17) is 9.84 Å². The molecule has 6 heteroatoms. The van der Waals surface area contributed by atoms with E-state index in [-0.39, 0.29) is 18.9 Å². The summed E-state index contributed by atoms with van der Waals surface area (Å²) in [5.41, 5.74) is 0. The summed E-state index contributed by atoms with van der Waals surface area (Å²) in [6.07, 6.45) is 0. The molecule has 1 aromatic rings. The first-order chi connectivity index (χ1) is 7.99. The fraction of sp³-hybridized carbons (Fsp3) is 0.364. The maximum atomic E-state index is 13.1. The highest BCUT2D eigenvalue weighted by Gasteiger charge is 2.07. The van der Waals surface area contributed by atoms with Gasteiger partial charge in [-0.25, -0.2) is 8.78 Å². The van der Waals surface area contributed by atoms with Crippen molar-refractivity contribution in [1.29, 1.82) is 0 Å². The summed E-state index contributed by atoms with van der Waals surface area (Å²) < 4.78 is 30.8. The van der Waals surface area contributed by atoms with E-state index in [2.05, 4.69) is 0 Å². The van der Waals surface area contributed by atoms with Gasteiger partial charge in [0.05, 0.1) is 6.54 Å². The van der Waals surface area contributed by atoms with Crippen molar-refractivity contribution in [2.75, 3.05) is 26.7 Å². The van der Waals surface area contributed by atoms with Crippen molar-refractivity contribution in [2.45, 2.75) is 0 Å². The fourth-order valence-corrected chi connectivity index (χ4v) is 1.21. The molecule has 0 aliphatic carbocycles. The number of carboxylic acids is 1. The van der Waals surface area contributed by atoms with Crippen LogP contribution in [0.2, 0.25) is 0 Å². The molecule has 0 atom stereocenters. The Labute approximate surface area is 97.4 Å². The van der Waals surface area contributed by atoms with E-state index in [9.17, 15) is 13.6 Å². The lowest BCUT2D eigenvalue weighted by atomic mass is 10.3. The molecule has 0 unspecified atom stereocenters. The molecule has 0 fully saturated rings. The highest BCUT2D eigenvalue weighted by atomic mass is 19.1. The first-order valence-electron chi connectivity index (χ1n) is 4.97. The number of hydrogen-bond acceptors (Lipinski definition) is 3. The number of aliphatic carboxylic acids is 1. The zero-order chi connectivity index (χ0) is 12.8. The summed E-state index contributed by atoms with van der Waals surface area (Å²) >= 11 is 0. The Hall–Kier alpha value is -1.69.